The molecule has 3 N–H and O–H groups in total. The minimum absolute atomic E-state index is 0.0309. The second-order valence-corrected chi connectivity index (χ2v) is 5.64. The first-order chi connectivity index (χ1) is 9.10. The van der Waals surface area contributed by atoms with Crippen LogP contribution in [-0.2, 0) is 9.53 Å². The zero-order valence-corrected chi connectivity index (χ0v) is 11.2. The topological polar surface area (TPSA) is 87.7 Å². The molecule has 4 atom stereocenters. The Kier molecular flexibility index (Phi) is 4.63. The van der Waals surface area contributed by atoms with Crippen molar-refractivity contribution >= 4 is 12.0 Å². The quantitative estimate of drug-likeness (QED) is 0.667. The van der Waals surface area contributed by atoms with Crippen LogP contribution in [0.15, 0.2) is 0 Å². The van der Waals surface area contributed by atoms with Gasteiger partial charge in [0.15, 0.2) is 6.04 Å². The van der Waals surface area contributed by atoms with E-state index in [4.69, 9.17) is 9.84 Å². The van der Waals surface area contributed by atoms with E-state index in [1.54, 1.807) is 0 Å². The molecule has 2 rings (SSSR count). The van der Waals surface area contributed by atoms with Crippen molar-refractivity contribution in [2.24, 2.45) is 17.8 Å². The average Bonchev–Trinajstić information content (AvgIpc) is 2.97. The van der Waals surface area contributed by atoms with Gasteiger partial charge in [-0.15, -0.1) is 0 Å². The van der Waals surface area contributed by atoms with Crippen LogP contribution < -0.4 is 10.6 Å². The van der Waals surface area contributed by atoms with Crippen molar-refractivity contribution in [2.75, 3.05) is 20.3 Å². The number of carbonyl (C=O) groups excluding carboxylic acids is 1. The SMILES string of the molecule is COCC(NC(=O)NCC1CC2CCC1C2)C(=O)O. The third-order valence-corrected chi connectivity index (χ3v) is 4.35. The number of methoxy groups -OCH3 is 1. The lowest BCUT2D eigenvalue weighted by Crippen LogP contribution is -2.49. The summed E-state index contributed by atoms with van der Waals surface area (Å²) in [6.45, 7) is 0.614. The molecule has 0 aromatic rings. The minimum Gasteiger partial charge on any atom is -0.480 e. The molecule has 108 valence electrons. The van der Waals surface area contributed by atoms with Crippen molar-refractivity contribution in [3.05, 3.63) is 0 Å². The third kappa shape index (κ3) is 3.59. The van der Waals surface area contributed by atoms with E-state index in [1.165, 1.54) is 32.8 Å². The molecule has 0 aromatic heterocycles. The molecule has 0 radical (unpaired) electrons. The Morgan fingerprint density at radius 2 is 2.16 bits per heavy atom. The lowest BCUT2D eigenvalue weighted by molar-refractivity contribution is -0.140. The highest BCUT2D eigenvalue weighted by atomic mass is 16.5. The summed E-state index contributed by atoms with van der Waals surface area (Å²) in [6, 6.07) is -1.42. The Labute approximate surface area is 112 Å². The highest BCUT2D eigenvalue weighted by Crippen LogP contribution is 2.47. The number of aliphatic carboxylic acids is 1. The molecular weight excluding hydrogens is 248 g/mol. The number of fused-ring (bicyclic) bond motifs is 2. The summed E-state index contributed by atoms with van der Waals surface area (Å²) in [7, 11) is 1.41. The summed E-state index contributed by atoms with van der Waals surface area (Å²) in [5, 5.41) is 14.1. The van der Waals surface area contributed by atoms with Crippen LogP contribution in [0.3, 0.4) is 0 Å². The fourth-order valence-corrected chi connectivity index (χ4v) is 3.40. The largest absolute Gasteiger partial charge is 0.480 e. The van der Waals surface area contributed by atoms with Crippen LogP contribution in [0.2, 0.25) is 0 Å². The van der Waals surface area contributed by atoms with E-state index < -0.39 is 18.0 Å². The van der Waals surface area contributed by atoms with Crippen LogP contribution in [0, 0.1) is 17.8 Å². The fraction of sp³-hybridized carbons (Fsp3) is 0.846. The minimum atomic E-state index is -1.09. The molecule has 6 heteroatoms. The van der Waals surface area contributed by atoms with Gasteiger partial charge in [-0.05, 0) is 37.0 Å². The number of hydrogen-bond donors (Lipinski definition) is 3. The number of urea groups is 1. The van der Waals surface area contributed by atoms with Gasteiger partial charge in [0.1, 0.15) is 0 Å². The molecule has 19 heavy (non-hydrogen) atoms. The van der Waals surface area contributed by atoms with Gasteiger partial charge in [0.25, 0.3) is 0 Å². The van der Waals surface area contributed by atoms with Crippen LogP contribution >= 0.6 is 0 Å². The monoisotopic (exact) mass is 270 g/mol. The molecule has 0 aliphatic heterocycles. The molecular formula is C13H22N2O4. The Morgan fingerprint density at radius 1 is 1.37 bits per heavy atom. The lowest BCUT2D eigenvalue weighted by atomic mass is 9.89. The third-order valence-electron chi connectivity index (χ3n) is 4.35. The average molecular weight is 270 g/mol. The second-order valence-electron chi connectivity index (χ2n) is 5.64. The number of carboxylic acids is 1. The highest BCUT2D eigenvalue weighted by molar-refractivity contribution is 5.82. The van der Waals surface area contributed by atoms with Crippen LogP contribution in [-0.4, -0.2) is 43.4 Å². The number of hydrogen-bond acceptors (Lipinski definition) is 3. The van der Waals surface area contributed by atoms with E-state index in [-0.39, 0.29) is 6.61 Å². The van der Waals surface area contributed by atoms with E-state index in [1.807, 2.05) is 0 Å². The smallest absolute Gasteiger partial charge is 0.328 e. The molecule has 2 fully saturated rings. The zero-order valence-electron chi connectivity index (χ0n) is 11.2. The summed E-state index contributed by atoms with van der Waals surface area (Å²) >= 11 is 0. The summed E-state index contributed by atoms with van der Waals surface area (Å²) in [5.74, 6) is 1.08. The maximum Gasteiger partial charge on any atom is 0.328 e. The second kappa shape index (κ2) is 6.23. The Hall–Kier alpha value is -1.30. The van der Waals surface area contributed by atoms with Gasteiger partial charge in [-0.2, -0.15) is 0 Å². The van der Waals surface area contributed by atoms with Crippen LogP contribution in [0.1, 0.15) is 25.7 Å². The maximum atomic E-state index is 11.7. The molecule has 0 spiro atoms. The molecule has 4 unspecified atom stereocenters. The molecule has 2 amide bonds. The number of amides is 2. The molecule has 6 nitrogen and oxygen atoms in total. The predicted molar refractivity (Wildman–Crippen MR) is 68.8 cm³/mol. The van der Waals surface area contributed by atoms with Gasteiger partial charge in [-0.1, -0.05) is 6.42 Å². The van der Waals surface area contributed by atoms with Crippen molar-refractivity contribution in [3.63, 3.8) is 0 Å². The predicted octanol–water partition coefficient (Wildman–Crippen LogP) is 0.821. The number of nitrogens with one attached hydrogen (secondary N) is 2. The molecule has 2 aliphatic rings. The van der Waals surface area contributed by atoms with E-state index >= 15 is 0 Å². The van der Waals surface area contributed by atoms with E-state index in [2.05, 4.69) is 10.6 Å². The number of rotatable bonds is 6. The Balaban J connectivity index is 1.70. The van der Waals surface area contributed by atoms with Crippen LogP contribution in [0.5, 0.6) is 0 Å². The highest BCUT2D eigenvalue weighted by Gasteiger charge is 2.39. The molecule has 2 saturated carbocycles. The standard InChI is InChI=1S/C13H22N2O4/c1-19-7-11(12(16)17)15-13(18)14-6-10-5-8-2-3-9(10)4-8/h8-11H,2-7H2,1H3,(H,16,17)(H2,14,15,18). The first-order valence-corrected chi connectivity index (χ1v) is 6.86. The molecule has 2 aliphatic carbocycles. The summed E-state index contributed by atoms with van der Waals surface area (Å²) in [4.78, 5) is 22.5. The van der Waals surface area contributed by atoms with Crippen molar-refractivity contribution in [1.82, 2.24) is 10.6 Å². The molecule has 2 bridgehead atoms. The van der Waals surface area contributed by atoms with Crippen LogP contribution in [0.4, 0.5) is 4.79 Å². The van der Waals surface area contributed by atoms with Crippen molar-refractivity contribution < 1.29 is 19.4 Å². The Bertz CT molecular complexity index is 348. The normalized spacial score (nSPS) is 30.1. The lowest BCUT2D eigenvalue weighted by Gasteiger charge is -2.22. The summed E-state index contributed by atoms with van der Waals surface area (Å²) in [5.41, 5.74) is 0. The molecule has 0 saturated heterocycles. The van der Waals surface area contributed by atoms with Crippen molar-refractivity contribution in [3.8, 4) is 0 Å². The van der Waals surface area contributed by atoms with E-state index in [0.29, 0.717) is 12.5 Å². The van der Waals surface area contributed by atoms with Gasteiger partial charge in [-0.25, -0.2) is 9.59 Å². The summed E-state index contributed by atoms with van der Waals surface area (Å²) < 4.78 is 4.76. The van der Waals surface area contributed by atoms with Crippen LogP contribution in [0.25, 0.3) is 0 Å². The van der Waals surface area contributed by atoms with Gasteiger partial charge in [0.05, 0.1) is 6.61 Å². The van der Waals surface area contributed by atoms with Gasteiger partial charge in [-0.3, -0.25) is 0 Å². The van der Waals surface area contributed by atoms with E-state index in [9.17, 15) is 9.59 Å². The number of carbonyl (C=O) groups is 2. The van der Waals surface area contributed by atoms with Crippen molar-refractivity contribution in [1.29, 1.82) is 0 Å². The zero-order chi connectivity index (χ0) is 13.8. The first kappa shape index (κ1) is 14.1. The Morgan fingerprint density at radius 3 is 2.68 bits per heavy atom. The number of carboxylic acid groups (broad SMARTS) is 1. The van der Waals surface area contributed by atoms with Crippen molar-refractivity contribution in [2.45, 2.75) is 31.7 Å². The van der Waals surface area contributed by atoms with Gasteiger partial charge >= 0.3 is 12.0 Å². The first-order valence-electron chi connectivity index (χ1n) is 6.86. The van der Waals surface area contributed by atoms with Gasteiger partial charge in [0, 0.05) is 13.7 Å². The fourth-order valence-electron chi connectivity index (χ4n) is 3.40. The van der Waals surface area contributed by atoms with Gasteiger partial charge < -0.3 is 20.5 Å². The maximum absolute atomic E-state index is 11.7. The molecule has 0 heterocycles. The van der Waals surface area contributed by atoms with Gasteiger partial charge in [0.2, 0.25) is 0 Å². The summed E-state index contributed by atoms with van der Waals surface area (Å²) in [6.07, 6.45) is 5.11. The number of ether oxygens (including phenoxy) is 1. The molecule has 0 aromatic carbocycles. The van der Waals surface area contributed by atoms with E-state index in [0.717, 1.165) is 11.8 Å².